The Morgan fingerprint density at radius 2 is 1.44 bits per heavy atom. The molecule has 4 rings (SSSR count). The van der Waals surface area contributed by atoms with E-state index in [0.717, 1.165) is 27.5 Å². The maximum atomic E-state index is 11.2. The SMILES string of the molecule is CC(=O)c1cc2ccccc2o1.CC(=O)c1oc(C)c2ccccc12. The molecule has 0 aliphatic carbocycles. The number of carbonyl (C=O) groups is 2. The number of para-hydroxylation sites is 1. The number of hydrogen-bond acceptors (Lipinski definition) is 4. The molecule has 2 aromatic carbocycles. The van der Waals surface area contributed by atoms with Crippen molar-refractivity contribution in [2.45, 2.75) is 20.8 Å². The van der Waals surface area contributed by atoms with Gasteiger partial charge in [0.1, 0.15) is 11.3 Å². The number of hydrogen-bond donors (Lipinski definition) is 0. The topological polar surface area (TPSA) is 60.4 Å². The lowest BCUT2D eigenvalue weighted by Crippen LogP contribution is -1.87. The van der Waals surface area contributed by atoms with Gasteiger partial charge in [0.2, 0.25) is 0 Å². The van der Waals surface area contributed by atoms with E-state index >= 15 is 0 Å². The molecule has 0 fully saturated rings. The Hall–Kier alpha value is -3.14. The molecule has 0 unspecified atom stereocenters. The lowest BCUT2D eigenvalue weighted by atomic mass is 10.1. The first-order valence-electron chi connectivity index (χ1n) is 7.96. The van der Waals surface area contributed by atoms with E-state index in [0.29, 0.717) is 11.5 Å². The van der Waals surface area contributed by atoms with Gasteiger partial charge in [0.05, 0.1) is 0 Å². The molecule has 4 heteroatoms. The Labute approximate surface area is 145 Å². The van der Waals surface area contributed by atoms with Crippen LogP contribution >= 0.6 is 0 Å². The average Bonchev–Trinajstić information content (AvgIpc) is 3.18. The van der Waals surface area contributed by atoms with E-state index in [-0.39, 0.29) is 11.6 Å². The zero-order valence-electron chi connectivity index (χ0n) is 14.3. The van der Waals surface area contributed by atoms with Gasteiger partial charge in [-0.25, -0.2) is 0 Å². The van der Waals surface area contributed by atoms with Crippen LogP contribution in [-0.2, 0) is 0 Å². The summed E-state index contributed by atoms with van der Waals surface area (Å²) in [6.45, 7) is 4.89. The third kappa shape index (κ3) is 3.38. The number of ketones is 2. The van der Waals surface area contributed by atoms with E-state index in [2.05, 4.69) is 0 Å². The van der Waals surface area contributed by atoms with Gasteiger partial charge in [-0.05, 0) is 19.1 Å². The predicted molar refractivity (Wildman–Crippen MR) is 97.2 cm³/mol. The van der Waals surface area contributed by atoms with Gasteiger partial charge in [0, 0.05) is 30.0 Å². The Kier molecular flexibility index (Phi) is 4.52. The molecule has 0 aliphatic rings. The molecule has 126 valence electrons. The Morgan fingerprint density at radius 1 is 0.800 bits per heavy atom. The van der Waals surface area contributed by atoms with E-state index in [4.69, 9.17) is 8.83 Å². The molecule has 0 aliphatic heterocycles. The predicted octanol–water partition coefficient (Wildman–Crippen LogP) is 5.58. The van der Waals surface area contributed by atoms with Gasteiger partial charge in [0.25, 0.3) is 0 Å². The van der Waals surface area contributed by atoms with Crippen molar-refractivity contribution in [3.8, 4) is 0 Å². The summed E-state index contributed by atoms with van der Waals surface area (Å²) in [6.07, 6.45) is 0. The molecule has 2 heterocycles. The second-order valence-corrected chi connectivity index (χ2v) is 5.79. The third-order valence-corrected chi connectivity index (χ3v) is 3.90. The fraction of sp³-hybridized carbons (Fsp3) is 0.143. The lowest BCUT2D eigenvalue weighted by molar-refractivity contribution is 0.0981. The summed E-state index contributed by atoms with van der Waals surface area (Å²) < 4.78 is 10.7. The summed E-state index contributed by atoms with van der Waals surface area (Å²) in [7, 11) is 0. The molecule has 0 spiro atoms. The summed E-state index contributed by atoms with van der Waals surface area (Å²) in [5, 5.41) is 2.91. The van der Waals surface area contributed by atoms with Gasteiger partial charge in [0.15, 0.2) is 23.1 Å². The number of benzene rings is 2. The smallest absolute Gasteiger partial charge is 0.195 e. The number of Topliss-reactive ketones (excluding diaryl/α,β-unsaturated/α-hetero) is 2. The Balaban J connectivity index is 0.000000146. The molecule has 0 N–H and O–H groups in total. The third-order valence-electron chi connectivity index (χ3n) is 3.90. The summed E-state index contributed by atoms with van der Waals surface area (Å²) >= 11 is 0. The van der Waals surface area contributed by atoms with Gasteiger partial charge >= 0.3 is 0 Å². The second-order valence-electron chi connectivity index (χ2n) is 5.79. The van der Waals surface area contributed by atoms with Crippen molar-refractivity contribution >= 4 is 33.3 Å². The zero-order chi connectivity index (χ0) is 18.0. The standard InChI is InChI=1S/C11H10O2.C10H8O2/c1-7(12)11-10-6-4-3-5-9(10)8(2)13-11;1-7(11)10-6-8-4-2-3-5-9(8)12-10/h3-6H,1-2H3;2-6H,1H3. The molecule has 2 aromatic heterocycles. The molecular formula is C21H18O4. The summed E-state index contributed by atoms with van der Waals surface area (Å²) in [4.78, 5) is 22.1. The number of rotatable bonds is 2. The van der Waals surface area contributed by atoms with Gasteiger partial charge in [-0.3, -0.25) is 9.59 Å². The van der Waals surface area contributed by atoms with Gasteiger partial charge in [-0.2, -0.15) is 0 Å². The van der Waals surface area contributed by atoms with E-state index in [1.165, 1.54) is 13.8 Å². The van der Waals surface area contributed by atoms with Gasteiger partial charge < -0.3 is 8.83 Å². The van der Waals surface area contributed by atoms with Crippen molar-refractivity contribution in [2.75, 3.05) is 0 Å². The minimum absolute atomic E-state index is 0.0238. The summed E-state index contributed by atoms with van der Waals surface area (Å²) in [5.41, 5.74) is 0.766. The highest BCUT2D eigenvalue weighted by atomic mass is 16.4. The molecule has 4 aromatic rings. The van der Waals surface area contributed by atoms with E-state index < -0.39 is 0 Å². The molecule has 4 nitrogen and oxygen atoms in total. The molecule has 25 heavy (non-hydrogen) atoms. The fourth-order valence-electron chi connectivity index (χ4n) is 2.67. The minimum atomic E-state index is -0.0359. The first kappa shape index (κ1) is 16.7. The van der Waals surface area contributed by atoms with Crippen molar-refractivity contribution < 1.29 is 18.4 Å². The number of fused-ring (bicyclic) bond motifs is 2. The summed E-state index contributed by atoms with van der Waals surface area (Å²) in [5.74, 6) is 1.64. The van der Waals surface area contributed by atoms with Crippen LogP contribution in [0.4, 0.5) is 0 Å². The first-order chi connectivity index (χ1) is 12.0. The number of carbonyl (C=O) groups excluding carboxylic acids is 2. The van der Waals surface area contributed by atoms with Crippen LogP contribution in [0.2, 0.25) is 0 Å². The van der Waals surface area contributed by atoms with E-state index in [1.54, 1.807) is 6.07 Å². The van der Waals surface area contributed by atoms with E-state index in [9.17, 15) is 9.59 Å². The normalized spacial score (nSPS) is 10.5. The van der Waals surface area contributed by atoms with Crippen LogP contribution in [0.5, 0.6) is 0 Å². The van der Waals surface area contributed by atoms with Crippen LogP contribution in [0.15, 0.2) is 63.4 Å². The largest absolute Gasteiger partial charge is 0.457 e. The molecule has 0 amide bonds. The van der Waals surface area contributed by atoms with Gasteiger partial charge in [-0.15, -0.1) is 0 Å². The Bertz CT molecular complexity index is 1030. The van der Waals surface area contributed by atoms with Crippen molar-refractivity contribution in [1.82, 2.24) is 0 Å². The number of furan rings is 2. The molecule has 0 bridgehead atoms. The minimum Gasteiger partial charge on any atom is -0.457 e. The Morgan fingerprint density at radius 3 is 2.08 bits per heavy atom. The lowest BCUT2D eigenvalue weighted by Gasteiger charge is -1.88. The van der Waals surface area contributed by atoms with Crippen LogP contribution in [0, 0.1) is 6.92 Å². The zero-order valence-corrected chi connectivity index (χ0v) is 14.3. The van der Waals surface area contributed by atoms with Crippen molar-refractivity contribution in [2.24, 2.45) is 0 Å². The number of aryl methyl sites for hydroxylation is 1. The van der Waals surface area contributed by atoms with Gasteiger partial charge in [-0.1, -0.05) is 42.5 Å². The highest BCUT2D eigenvalue weighted by molar-refractivity contribution is 6.05. The van der Waals surface area contributed by atoms with E-state index in [1.807, 2.05) is 55.5 Å². The molecular weight excluding hydrogens is 316 g/mol. The van der Waals surface area contributed by atoms with Crippen LogP contribution in [0.1, 0.15) is 40.7 Å². The highest BCUT2D eigenvalue weighted by Gasteiger charge is 2.12. The van der Waals surface area contributed by atoms with Crippen molar-refractivity contribution in [1.29, 1.82) is 0 Å². The monoisotopic (exact) mass is 334 g/mol. The average molecular weight is 334 g/mol. The van der Waals surface area contributed by atoms with Crippen LogP contribution < -0.4 is 0 Å². The molecule has 0 saturated heterocycles. The fourth-order valence-corrected chi connectivity index (χ4v) is 2.67. The molecule has 0 saturated carbocycles. The first-order valence-corrected chi connectivity index (χ1v) is 7.96. The maximum absolute atomic E-state index is 11.2. The quantitative estimate of drug-likeness (QED) is 0.449. The summed E-state index contributed by atoms with van der Waals surface area (Å²) in [6, 6.07) is 17.0. The van der Waals surface area contributed by atoms with Crippen molar-refractivity contribution in [3.63, 3.8) is 0 Å². The second kappa shape index (κ2) is 6.77. The highest BCUT2D eigenvalue weighted by Crippen LogP contribution is 2.25. The maximum Gasteiger partial charge on any atom is 0.195 e. The van der Waals surface area contributed by atoms with Crippen LogP contribution in [0.3, 0.4) is 0 Å². The van der Waals surface area contributed by atoms with Crippen LogP contribution in [-0.4, -0.2) is 11.6 Å². The molecule has 0 atom stereocenters. The molecule has 0 radical (unpaired) electrons. The van der Waals surface area contributed by atoms with Crippen LogP contribution in [0.25, 0.3) is 21.7 Å². The van der Waals surface area contributed by atoms with Crippen molar-refractivity contribution in [3.05, 3.63) is 71.9 Å².